The largest absolute Gasteiger partial charge is 0.356 e. The van der Waals surface area contributed by atoms with E-state index in [1.54, 1.807) is 0 Å². The molecule has 1 aromatic rings. The molecule has 0 spiro atoms. The first kappa shape index (κ1) is 20.2. The molecule has 25 heavy (non-hydrogen) atoms. The molecule has 1 heterocycles. The van der Waals surface area contributed by atoms with Crippen LogP contribution in [0.25, 0.3) is 0 Å². The molecule has 1 fully saturated rings. The molecule has 1 aromatic carbocycles. The van der Waals surface area contributed by atoms with Gasteiger partial charge in [-0.15, -0.1) is 0 Å². The van der Waals surface area contributed by atoms with Crippen LogP contribution in [0.4, 0.5) is 0 Å². The van der Waals surface area contributed by atoms with Crippen LogP contribution in [0, 0.1) is 5.92 Å². The van der Waals surface area contributed by atoms with Crippen molar-refractivity contribution < 1.29 is 13.2 Å². The maximum absolute atomic E-state index is 12.3. The van der Waals surface area contributed by atoms with E-state index >= 15 is 0 Å². The van der Waals surface area contributed by atoms with Crippen LogP contribution in [0.2, 0.25) is 5.02 Å². The van der Waals surface area contributed by atoms with E-state index in [0.29, 0.717) is 32.5 Å². The van der Waals surface area contributed by atoms with Gasteiger partial charge in [-0.2, -0.15) is 17.0 Å². The van der Waals surface area contributed by atoms with E-state index in [-0.39, 0.29) is 11.8 Å². The van der Waals surface area contributed by atoms with Gasteiger partial charge in [0.1, 0.15) is 0 Å². The van der Waals surface area contributed by atoms with Crippen molar-refractivity contribution in [3.05, 3.63) is 34.9 Å². The van der Waals surface area contributed by atoms with Gasteiger partial charge in [0.05, 0.1) is 0 Å². The number of nitrogens with zero attached hydrogens (tertiary/aromatic N) is 2. The number of hydrogen-bond donors (Lipinski definition) is 1. The lowest BCUT2D eigenvalue weighted by Crippen LogP contribution is -2.46. The van der Waals surface area contributed by atoms with Gasteiger partial charge in [0.25, 0.3) is 10.2 Å². The van der Waals surface area contributed by atoms with Crippen LogP contribution in [0.3, 0.4) is 0 Å². The van der Waals surface area contributed by atoms with Crippen molar-refractivity contribution >= 4 is 27.7 Å². The Morgan fingerprint density at radius 3 is 2.52 bits per heavy atom. The predicted octanol–water partition coefficient (Wildman–Crippen LogP) is 1.91. The fourth-order valence-electron chi connectivity index (χ4n) is 2.92. The van der Waals surface area contributed by atoms with Crippen molar-refractivity contribution in [2.24, 2.45) is 5.92 Å². The molecule has 6 nitrogen and oxygen atoms in total. The molecule has 0 atom stereocenters. The Morgan fingerprint density at radius 1 is 1.28 bits per heavy atom. The smallest absolute Gasteiger partial charge is 0.281 e. The molecular formula is C17H26ClN3O3S. The normalized spacial score (nSPS) is 17.0. The van der Waals surface area contributed by atoms with Crippen molar-refractivity contribution in [3.8, 4) is 0 Å². The fraction of sp³-hybridized carbons (Fsp3) is 0.588. The van der Waals surface area contributed by atoms with Gasteiger partial charge >= 0.3 is 0 Å². The van der Waals surface area contributed by atoms with E-state index < -0.39 is 10.2 Å². The minimum atomic E-state index is -3.38. The summed E-state index contributed by atoms with van der Waals surface area (Å²) in [6.45, 7) is 1.37. The lowest BCUT2D eigenvalue weighted by atomic mass is 9.97. The molecule has 8 heteroatoms. The summed E-state index contributed by atoms with van der Waals surface area (Å²) in [6.07, 6.45) is 2.76. The van der Waals surface area contributed by atoms with E-state index in [1.807, 2.05) is 24.3 Å². The number of benzene rings is 1. The predicted molar refractivity (Wildman–Crippen MR) is 99.7 cm³/mol. The molecule has 0 bridgehead atoms. The Labute approximate surface area is 155 Å². The molecular weight excluding hydrogens is 362 g/mol. The molecule has 1 amide bonds. The summed E-state index contributed by atoms with van der Waals surface area (Å²) in [7, 11) is -0.340. The summed E-state index contributed by atoms with van der Waals surface area (Å²) in [4.78, 5) is 12.3. The molecule has 1 aliphatic rings. The zero-order chi connectivity index (χ0) is 18.4. The van der Waals surface area contributed by atoms with Gasteiger partial charge in [-0.05, 0) is 37.3 Å². The lowest BCUT2D eigenvalue weighted by Gasteiger charge is -2.32. The third-order valence-corrected chi connectivity index (χ3v) is 6.80. The van der Waals surface area contributed by atoms with Crippen LogP contribution in [-0.2, 0) is 21.4 Å². The molecule has 1 aliphatic heterocycles. The zero-order valence-electron chi connectivity index (χ0n) is 14.7. The van der Waals surface area contributed by atoms with Gasteiger partial charge in [0, 0.05) is 44.7 Å². The van der Waals surface area contributed by atoms with E-state index in [9.17, 15) is 13.2 Å². The molecule has 2 rings (SSSR count). The van der Waals surface area contributed by atoms with E-state index in [2.05, 4.69) is 5.32 Å². The second-order valence-corrected chi connectivity index (χ2v) is 9.00. The average Bonchev–Trinajstić information content (AvgIpc) is 2.60. The first-order valence-corrected chi connectivity index (χ1v) is 10.3. The summed E-state index contributed by atoms with van der Waals surface area (Å²) in [6, 6.07) is 7.71. The maximum Gasteiger partial charge on any atom is 0.281 e. The van der Waals surface area contributed by atoms with E-state index in [1.165, 1.54) is 22.7 Å². The van der Waals surface area contributed by atoms with Crippen molar-refractivity contribution in [3.63, 3.8) is 0 Å². The Morgan fingerprint density at radius 2 is 1.92 bits per heavy atom. The SMILES string of the molecule is CN(C)S(=O)(=O)N1CCC(C(=O)NCCCc2ccccc2Cl)CC1. The second-order valence-electron chi connectivity index (χ2n) is 6.45. The Kier molecular flexibility index (Phi) is 7.25. The maximum atomic E-state index is 12.3. The minimum absolute atomic E-state index is 0.0149. The number of hydrogen-bond acceptors (Lipinski definition) is 3. The Bertz CT molecular complexity index is 686. The second kappa shape index (κ2) is 8.98. The first-order valence-electron chi connectivity index (χ1n) is 8.51. The number of halogens is 1. The third-order valence-electron chi connectivity index (χ3n) is 4.49. The number of amides is 1. The molecule has 0 aromatic heterocycles. The van der Waals surface area contributed by atoms with Gasteiger partial charge in [-0.3, -0.25) is 4.79 Å². The van der Waals surface area contributed by atoms with E-state index in [4.69, 9.17) is 11.6 Å². The van der Waals surface area contributed by atoms with Crippen LogP contribution in [-0.4, -0.2) is 56.7 Å². The van der Waals surface area contributed by atoms with Gasteiger partial charge in [-0.1, -0.05) is 29.8 Å². The van der Waals surface area contributed by atoms with Gasteiger partial charge < -0.3 is 5.32 Å². The average molecular weight is 388 g/mol. The summed E-state index contributed by atoms with van der Waals surface area (Å²) in [5.41, 5.74) is 1.08. The first-order chi connectivity index (χ1) is 11.8. The van der Waals surface area contributed by atoms with Crippen LogP contribution < -0.4 is 5.32 Å². The van der Waals surface area contributed by atoms with Crippen molar-refractivity contribution in [2.45, 2.75) is 25.7 Å². The molecule has 0 radical (unpaired) electrons. The highest BCUT2D eigenvalue weighted by molar-refractivity contribution is 7.86. The monoisotopic (exact) mass is 387 g/mol. The summed E-state index contributed by atoms with van der Waals surface area (Å²) in [5.74, 6) is -0.102. The highest BCUT2D eigenvalue weighted by Gasteiger charge is 2.31. The minimum Gasteiger partial charge on any atom is -0.356 e. The van der Waals surface area contributed by atoms with E-state index in [0.717, 1.165) is 23.4 Å². The standard InChI is InChI=1S/C17H26ClN3O3S/c1-20(2)25(23,24)21-12-9-15(10-13-21)17(22)19-11-5-7-14-6-3-4-8-16(14)18/h3-4,6,8,15H,5,7,9-13H2,1-2H3,(H,19,22). The van der Waals surface area contributed by atoms with Crippen LogP contribution in [0.15, 0.2) is 24.3 Å². The molecule has 0 aliphatic carbocycles. The zero-order valence-corrected chi connectivity index (χ0v) is 16.3. The van der Waals surface area contributed by atoms with Crippen molar-refractivity contribution in [2.75, 3.05) is 33.7 Å². The summed E-state index contributed by atoms with van der Waals surface area (Å²) in [5, 5.41) is 3.71. The number of carbonyl (C=O) groups excluding carboxylic acids is 1. The van der Waals surface area contributed by atoms with Crippen LogP contribution in [0.5, 0.6) is 0 Å². The molecule has 1 N–H and O–H groups in total. The highest BCUT2D eigenvalue weighted by atomic mass is 35.5. The number of aryl methyl sites for hydroxylation is 1. The summed E-state index contributed by atoms with van der Waals surface area (Å²) >= 11 is 6.12. The number of carbonyl (C=O) groups is 1. The van der Waals surface area contributed by atoms with Crippen LogP contribution in [0.1, 0.15) is 24.8 Å². The van der Waals surface area contributed by atoms with Crippen molar-refractivity contribution in [1.29, 1.82) is 0 Å². The molecule has 140 valence electrons. The van der Waals surface area contributed by atoms with Gasteiger partial charge in [0.15, 0.2) is 0 Å². The Balaban J connectivity index is 1.72. The summed E-state index contributed by atoms with van der Waals surface area (Å²) < 4.78 is 26.8. The number of piperidine rings is 1. The number of rotatable bonds is 7. The molecule has 0 saturated carbocycles. The molecule has 0 unspecified atom stereocenters. The van der Waals surface area contributed by atoms with Crippen molar-refractivity contribution in [1.82, 2.24) is 13.9 Å². The quantitative estimate of drug-likeness (QED) is 0.726. The van der Waals surface area contributed by atoms with Gasteiger partial charge in [-0.25, -0.2) is 0 Å². The number of nitrogens with one attached hydrogen (secondary N) is 1. The Hall–Kier alpha value is -1.15. The topological polar surface area (TPSA) is 69.7 Å². The third kappa shape index (κ3) is 5.41. The fourth-order valence-corrected chi connectivity index (χ4v) is 4.28. The van der Waals surface area contributed by atoms with Crippen LogP contribution >= 0.6 is 11.6 Å². The highest BCUT2D eigenvalue weighted by Crippen LogP contribution is 2.21. The van der Waals surface area contributed by atoms with Gasteiger partial charge in [0.2, 0.25) is 5.91 Å². The molecule has 1 saturated heterocycles. The lowest BCUT2D eigenvalue weighted by molar-refractivity contribution is -0.126.